The molecule has 7 heteroatoms. The molecular formula is C18H25N5O2. The largest absolute Gasteiger partial charge is 0.371 e. The Balaban J connectivity index is 1.31. The van der Waals surface area contributed by atoms with Crippen molar-refractivity contribution in [2.75, 3.05) is 29.9 Å². The molecule has 2 fully saturated rings. The molecule has 25 heavy (non-hydrogen) atoms. The predicted octanol–water partition coefficient (Wildman–Crippen LogP) is 2.70. The molecule has 3 heterocycles. The van der Waals surface area contributed by atoms with Crippen LogP contribution in [0.25, 0.3) is 0 Å². The molecule has 134 valence electrons. The SMILES string of the molecule is Cc1noc(C)c1COC1CCN(c2cc(NCC3CC3)ncn2)C1. The van der Waals surface area contributed by atoms with E-state index in [4.69, 9.17) is 9.26 Å². The lowest BCUT2D eigenvalue weighted by atomic mass is 10.2. The second-order valence-electron chi connectivity index (χ2n) is 7.06. The molecule has 2 aromatic rings. The Kier molecular flexibility index (Phi) is 4.57. The molecule has 0 aromatic carbocycles. The van der Waals surface area contributed by atoms with E-state index in [0.29, 0.717) is 6.61 Å². The summed E-state index contributed by atoms with van der Waals surface area (Å²) in [6.07, 6.45) is 5.51. The van der Waals surface area contributed by atoms with Crippen molar-refractivity contribution < 1.29 is 9.26 Å². The van der Waals surface area contributed by atoms with Crippen LogP contribution < -0.4 is 10.2 Å². The van der Waals surface area contributed by atoms with Crippen LogP contribution in [0, 0.1) is 19.8 Å². The Morgan fingerprint density at radius 2 is 2.16 bits per heavy atom. The Morgan fingerprint density at radius 3 is 2.92 bits per heavy atom. The van der Waals surface area contributed by atoms with Crippen molar-refractivity contribution in [1.29, 1.82) is 0 Å². The number of rotatable bonds is 7. The first-order valence-corrected chi connectivity index (χ1v) is 9.03. The highest BCUT2D eigenvalue weighted by Crippen LogP contribution is 2.29. The van der Waals surface area contributed by atoms with Crippen LogP contribution in [0.5, 0.6) is 0 Å². The van der Waals surface area contributed by atoms with E-state index in [9.17, 15) is 0 Å². The first-order chi connectivity index (χ1) is 12.2. The third kappa shape index (κ3) is 3.92. The van der Waals surface area contributed by atoms with Crippen molar-refractivity contribution in [1.82, 2.24) is 15.1 Å². The summed E-state index contributed by atoms with van der Waals surface area (Å²) in [6, 6.07) is 2.04. The third-order valence-corrected chi connectivity index (χ3v) is 5.04. The maximum Gasteiger partial charge on any atom is 0.139 e. The summed E-state index contributed by atoms with van der Waals surface area (Å²) >= 11 is 0. The number of nitrogens with zero attached hydrogens (tertiary/aromatic N) is 4. The van der Waals surface area contributed by atoms with E-state index in [-0.39, 0.29) is 6.10 Å². The molecule has 1 saturated carbocycles. The summed E-state index contributed by atoms with van der Waals surface area (Å²) in [6.45, 7) is 7.25. The van der Waals surface area contributed by atoms with Gasteiger partial charge in [-0.3, -0.25) is 0 Å². The van der Waals surface area contributed by atoms with Gasteiger partial charge in [0.05, 0.1) is 18.4 Å². The monoisotopic (exact) mass is 343 g/mol. The van der Waals surface area contributed by atoms with Crippen molar-refractivity contribution in [3.05, 3.63) is 29.4 Å². The Morgan fingerprint density at radius 1 is 1.28 bits per heavy atom. The minimum Gasteiger partial charge on any atom is -0.371 e. The number of hydrogen-bond donors (Lipinski definition) is 1. The Bertz CT molecular complexity index is 709. The van der Waals surface area contributed by atoms with Crippen LogP contribution >= 0.6 is 0 Å². The highest BCUT2D eigenvalue weighted by atomic mass is 16.5. The van der Waals surface area contributed by atoms with Gasteiger partial charge in [0.25, 0.3) is 0 Å². The normalized spacial score (nSPS) is 20.2. The number of hydrogen-bond acceptors (Lipinski definition) is 7. The fourth-order valence-electron chi connectivity index (χ4n) is 3.17. The van der Waals surface area contributed by atoms with Gasteiger partial charge < -0.3 is 19.5 Å². The van der Waals surface area contributed by atoms with Crippen LogP contribution in [0.4, 0.5) is 11.6 Å². The number of anilines is 2. The van der Waals surface area contributed by atoms with E-state index >= 15 is 0 Å². The molecule has 0 bridgehead atoms. The van der Waals surface area contributed by atoms with Crippen molar-refractivity contribution in [2.24, 2.45) is 5.92 Å². The summed E-state index contributed by atoms with van der Waals surface area (Å²) < 4.78 is 11.3. The lowest BCUT2D eigenvalue weighted by molar-refractivity contribution is 0.0544. The van der Waals surface area contributed by atoms with E-state index in [0.717, 1.165) is 60.6 Å². The highest BCUT2D eigenvalue weighted by Gasteiger charge is 2.25. The van der Waals surface area contributed by atoms with Gasteiger partial charge in [-0.2, -0.15) is 0 Å². The van der Waals surface area contributed by atoms with Crippen molar-refractivity contribution in [3.63, 3.8) is 0 Å². The fraction of sp³-hybridized carbons (Fsp3) is 0.611. The molecule has 0 radical (unpaired) electrons. The lowest BCUT2D eigenvalue weighted by Gasteiger charge is -2.18. The zero-order valence-electron chi connectivity index (χ0n) is 14.9. The number of nitrogens with one attached hydrogen (secondary N) is 1. The lowest BCUT2D eigenvalue weighted by Crippen LogP contribution is -2.24. The molecule has 1 aliphatic carbocycles. The van der Waals surface area contributed by atoms with Crippen LogP contribution in [0.15, 0.2) is 16.9 Å². The summed E-state index contributed by atoms with van der Waals surface area (Å²) in [5.74, 6) is 3.55. The zero-order valence-corrected chi connectivity index (χ0v) is 14.9. The fourth-order valence-corrected chi connectivity index (χ4v) is 3.17. The van der Waals surface area contributed by atoms with Gasteiger partial charge in [0, 0.05) is 31.3 Å². The quantitative estimate of drug-likeness (QED) is 0.828. The van der Waals surface area contributed by atoms with Crippen LogP contribution in [0.2, 0.25) is 0 Å². The van der Waals surface area contributed by atoms with E-state index in [1.165, 1.54) is 12.8 Å². The molecule has 1 saturated heterocycles. The summed E-state index contributed by atoms with van der Waals surface area (Å²) in [5.41, 5.74) is 1.97. The maximum atomic E-state index is 6.08. The molecule has 1 unspecified atom stereocenters. The van der Waals surface area contributed by atoms with Crippen LogP contribution in [0.3, 0.4) is 0 Å². The molecule has 1 atom stereocenters. The van der Waals surface area contributed by atoms with Crippen molar-refractivity contribution in [2.45, 2.75) is 45.8 Å². The van der Waals surface area contributed by atoms with Crippen molar-refractivity contribution in [3.8, 4) is 0 Å². The van der Waals surface area contributed by atoms with Crippen molar-refractivity contribution >= 4 is 11.6 Å². The molecule has 7 nitrogen and oxygen atoms in total. The smallest absolute Gasteiger partial charge is 0.139 e. The number of ether oxygens (including phenoxy) is 1. The molecular weight excluding hydrogens is 318 g/mol. The number of aromatic nitrogens is 3. The van der Waals surface area contributed by atoms with Gasteiger partial charge in [0.15, 0.2) is 0 Å². The standard InChI is InChI=1S/C18H25N5O2/c1-12-16(13(2)25-22-12)10-24-15-5-6-23(9-15)18-7-17(20-11-21-18)19-8-14-3-4-14/h7,11,14-15H,3-6,8-10H2,1-2H3,(H,19,20,21). The second-order valence-corrected chi connectivity index (χ2v) is 7.06. The minimum atomic E-state index is 0.200. The van der Waals surface area contributed by atoms with Crippen LogP contribution in [-0.4, -0.2) is 40.9 Å². The number of aryl methyl sites for hydroxylation is 2. The van der Waals surface area contributed by atoms with Gasteiger partial charge in [-0.1, -0.05) is 5.16 Å². The maximum absolute atomic E-state index is 6.08. The van der Waals surface area contributed by atoms with Crippen LogP contribution in [0.1, 0.15) is 36.3 Å². The summed E-state index contributed by atoms with van der Waals surface area (Å²) in [5, 5.41) is 7.39. The second kappa shape index (κ2) is 7.00. The molecule has 2 aliphatic rings. The molecule has 0 spiro atoms. The van der Waals surface area contributed by atoms with Gasteiger partial charge in [0.2, 0.25) is 0 Å². The molecule has 1 aliphatic heterocycles. The summed E-state index contributed by atoms with van der Waals surface area (Å²) in [4.78, 5) is 11.0. The van der Waals surface area contributed by atoms with E-state index in [2.05, 4.69) is 25.3 Å². The summed E-state index contributed by atoms with van der Waals surface area (Å²) in [7, 11) is 0. The van der Waals surface area contributed by atoms with Gasteiger partial charge in [0.1, 0.15) is 23.7 Å². The van der Waals surface area contributed by atoms with Gasteiger partial charge in [-0.05, 0) is 39.0 Å². The minimum absolute atomic E-state index is 0.200. The molecule has 2 aromatic heterocycles. The third-order valence-electron chi connectivity index (χ3n) is 5.04. The van der Waals surface area contributed by atoms with Gasteiger partial charge in [-0.15, -0.1) is 0 Å². The van der Waals surface area contributed by atoms with Gasteiger partial charge in [-0.25, -0.2) is 9.97 Å². The van der Waals surface area contributed by atoms with Gasteiger partial charge >= 0.3 is 0 Å². The van der Waals surface area contributed by atoms with E-state index in [1.54, 1.807) is 6.33 Å². The molecule has 0 amide bonds. The van der Waals surface area contributed by atoms with Crippen LogP contribution in [-0.2, 0) is 11.3 Å². The van der Waals surface area contributed by atoms with E-state index < -0.39 is 0 Å². The topological polar surface area (TPSA) is 76.3 Å². The highest BCUT2D eigenvalue weighted by molar-refractivity contribution is 5.49. The van der Waals surface area contributed by atoms with E-state index in [1.807, 2.05) is 19.9 Å². The Labute approximate surface area is 147 Å². The first-order valence-electron chi connectivity index (χ1n) is 9.03. The molecule has 1 N–H and O–H groups in total. The average Bonchev–Trinajstić information content (AvgIpc) is 3.24. The predicted molar refractivity (Wildman–Crippen MR) is 94.6 cm³/mol. The zero-order chi connectivity index (χ0) is 17.2. The Hall–Kier alpha value is -2.15. The first kappa shape index (κ1) is 16.3. The molecule has 4 rings (SSSR count). The average molecular weight is 343 g/mol.